The van der Waals surface area contributed by atoms with E-state index < -0.39 is 12.1 Å². The summed E-state index contributed by atoms with van der Waals surface area (Å²) in [4.78, 5) is 21.5. The van der Waals surface area contributed by atoms with Crippen LogP contribution < -0.4 is 4.74 Å². The van der Waals surface area contributed by atoms with E-state index in [0.29, 0.717) is 0 Å². The molecule has 0 aliphatic carbocycles. The minimum Gasteiger partial charge on any atom is -0.478 e. The molecule has 0 bridgehead atoms. The van der Waals surface area contributed by atoms with E-state index in [1.807, 2.05) is 0 Å². The molecular weight excluding hydrogens is 212 g/mol. The molecule has 5 nitrogen and oxygen atoms in total. The fourth-order valence-corrected chi connectivity index (χ4v) is 0.918. The second kappa shape index (κ2) is 5.55. The van der Waals surface area contributed by atoms with Gasteiger partial charge in [0.05, 0.1) is 5.56 Å². The number of rotatable bonds is 4. The van der Waals surface area contributed by atoms with E-state index in [1.54, 1.807) is 0 Å². The third-order valence-electron chi connectivity index (χ3n) is 1.62. The molecule has 1 N–H and O–H groups in total. The lowest BCUT2D eigenvalue weighted by Crippen LogP contribution is -2.10. The van der Waals surface area contributed by atoms with Crippen LogP contribution in [-0.4, -0.2) is 23.8 Å². The zero-order valence-corrected chi connectivity index (χ0v) is 8.38. The lowest BCUT2D eigenvalue weighted by atomic mass is 10.2. The highest BCUT2D eigenvalue weighted by atomic mass is 16.7. The van der Waals surface area contributed by atoms with Crippen molar-refractivity contribution in [1.29, 1.82) is 0 Å². The van der Waals surface area contributed by atoms with Gasteiger partial charge in [0.25, 0.3) is 0 Å². The molecule has 0 spiro atoms. The molecule has 0 heterocycles. The molecule has 1 aromatic rings. The van der Waals surface area contributed by atoms with E-state index in [0.717, 1.165) is 0 Å². The highest BCUT2D eigenvalue weighted by Gasteiger charge is 2.06. The van der Waals surface area contributed by atoms with E-state index in [4.69, 9.17) is 9.84 Å². The molecule has 0 aliphatic rings. The topological polar surface area (TPSA) is 72.8 Å². The van der Waals surface area contributed by atoms with Crippen LogP contribution in [0.15, 0.2) is 36.9 Å². The molecule has 5 heteroatoms. The fourth-order valence-electron chi connectivity index (χ4n) is 0.918. The summed E-state index contributed by atoms with van der Waals surface area (Å²) < 4.78 is 9.33. The second-order valence-corrected chi connectivity index (χ2v) is 2.78. The highest BCUT2D eigenvalue weighted by Crippen LogP contribution is 2.12. The van der Waals surface area contributed by atoms with Crippen LogP contribution >= 0.6 is 0 Å². The first-order chi connectivity index (χ1) is 7.63. The number of benzene rings is 1. The molecule has 0 aliphatic heterocycles. The van der Waals surface area contributed by atoms with Crippen molar-refractivity contribution in [2.75, 3.05) is 6.61 Å². The van der Waals surface area contributed by atoms with Crippen LogP contribution in [0.3, 0.4) is 0 Å². The first-order valence-electron chi connectivity index (χ1n) is 4.42. The van der Waals surface area contributed by atoms with E-state index in [2.05, 4.69) is 11.3 Å². The van der Waals surface area contributed by atoms with Crippen LogP contribution in [0.25, 0.3) is 0 Å². The van der Waals surface area contributed by atoms with Crippen LogP contribution in [0, 0.1) is 0 Å². The van der Waals surface area contributed by atoms with Crippen molar-refractivity contribution in [3.63, 3.8) is 0 Å². The van der Waals surface area contributed by atoms with Crippen molar-refractivity contribution in [3.8, 4) is 5.75 Å². The van der Waals surface area contributed by atoms with Gasteiger partial charge in [-0.2, -0.15) is 0 Å². The van der Waals surface area contributed by atoms with Crippen molar-refractivity contribution < 1.29 is 24.2 Å². The van der Waals surface area contributed by atoms with Gasteiger partial charge >= 0.3 is 12.1 Å². The van der Waals surface area contributed by atoms with Crippen molar-refractivity contribution in [2.45, 2.75) is 0 Å². The van der Waals surface area contributed by atoms with E-state index in [1.165, 1.54) is 30.3 Å². The third-order valence-corrected chi connectivity index (χ3v) is 1.62. The van der Waals surface area contributed by atoms with Crippen molar-refractivity contribution >= 4 is 12.1 Å². The Hall–Kier alpha value is -2.30. The van der Waals surface area contributed by atoms with Crippen LogP contribution in [0.5, 0.6) is 5.75 Å². The van der Waals surface area contributed by atoms with Gasteiger partial charge in [-0.05, 0) is 24.3 Å². The molecule has 0 saturated heterocycles. The van der Waals surface area contributed by atoms with Crippen molar-refractivity contribution in [1.82, 2.24) is 0 Å². The number of aromatic carboxylic acids is 1. The smallest absolute Gasteiger partial charge is 0.478 e. The number of ether oxygens (including phenoxy) is 2. The molecule has 0 amide bonds. The second-order valence-electron chi connectivity index (χ2n) is 2.78. The molecular formula is C11H10O5. The molecule has 0 saturated carbocycles. The van der Waals surface area contributed by atoms with Crippen LogP contribution in [0.2, 0.25) is 0 Å². The number of carboxylic acid groups (broad SMARTS) is 1. The van der Waals surface area contributed by atoms with Gasteiger partial charge in [-0.15, -0.1) is 0 Å². The number of carboxylic acids is 1. The largest absolute Gasteiger partial charge is 0.514 e. The summed E-state index contributed by atoms with van der Waals surface area (Å²) in [6.45, 7) is 3.43. The van der Waals surface area contributed by atoms with Crippen LogP contribution in [0.1, 0.15) is 10.4 Å². The van der Waals surface area contributed by atoms with Gasteiger partial charge in [0.15, 0.2) is 0 Å². The number of hydrogen-bond acceptors (Lipinski definition) is 4. The molecule has 0 unspecified atom stereocenters. The molecule has 1 rings (SSSR count). The zero-order valence-electron chi connectivity index (χ0n) is 8.38. The Morgan fingerprint density at radius 3 is 2.44 bits per heavy atom. The van der Waals surface area contributed by atoms with E-state index >= 15 is 0 Å². The summed E-state index contributed by atoms with van der Waals surface area (Å²) in [5.41, 5.74) is 0.117. The lowest BCUT2D eigenvalue weighted by molar-refractivity contribution is 0.0697. The molecule has 0 aromatic heterocycles. The van der Waals surface area contributed by atoms with Gasteiger partial charge in [-0.3, -0.25) is 0 Å². The zero-order chi connectivity index (χ0) is 12.0. The molecule has 1 aromatic carbocycles. The van der Waals surface area contributed by atoms with Gasteiger partial charge in [0.2, 0.25) is 0 Å². The molecule has 16 heavy (non-hydrogen) atoms. The summed E-state index contributed by atoms with van der Waals surface area (Å²) in [5.74, 6) is -0.820. The van der Waals surface area contributed by atoms with Crippen molar-refractivity contribution in [2.24, 2.45) is 0 Å². The van der Waals surface area contributed by atoms with Gasteiger partial charge in [-0.25, -0.2) is 9.59 Å². The van der Waals surface area contributed by atoms with Crippen molar-refractivity contribution in [3.05, 3.63) is 42.5 Å². The summed E-state index contributed by atoms with van der Waals surface area (Å²) in [6.07, 6.45) is 0.553. The first kappa shape index (κ1) is 11.8. The predicted octanol–water partition coefficient (Wildman–Crippen LogP) is 2.09. The Labute approximate surface area is 91.9 Å². The van der Waals surface area contributed by atoms with Gasteiger partial charge < -0.3 is 14.6 Å². The normalized spacial score (nSPS) is 9.25. The minimum absolute atomic E-state index is 0.0616. The fraction of sp³-hybridized carbons (Fsp3) is 0.0909. The third kappa shape index (κ3) is 3.45. The number of hydrogen-bond donors (Lipinski definition) is 1. The standard InChI is InChI=1S/C11H10O5/c1-2-7-15-11(14)16-9-5-3-8(4-6-9)10(12)13/h2-6H,1,7H2,(H,12,13). The summed E-state index contributed by atoms with van der Waals surface area (Å²) in [7, 11) is 0. The van der Waals surface area contributed by atoms with Crippen LogP contribution in [-0.2, 0) is 4.74 Å². The summed E-state index contributed by atoms with van der Waals surface area (Å²) >= 11 is 0. The Bertz CT molecular complexity index is 393. The summed E-state index contributed by atoms with van der Waals surface area (Å²) in [6, 6.07) is 5.41. The molecule has 84 valence electrons. The average molecular weight is 222 g/mol. The Kier molecular flexibility index (Phi) is 4.08. The molecule has 0 radical (unpaired) electrons. The number of carbonyl (C=O) groups excluding carboxylic acids is 1. The van der Waals surface area contributed by atoms with Gasteiger partial charge in [0, 0.05) is 0 Å². The average Bonchev–Trinajstić information content (AvgIpc) is 2.27. The lowest BCUT2D eigenvalue weighted by Gasteiger charge is -2.03. The Morgan fingerprint density at radius 2 is 1.94 bits per heavy atom. The Morgan fingerprint density at radius 1 is 1.31 bits per heavy atom. The van der Waals surface area contributed by atoms with Gasteiger partial charge in [0.1, 0.15) is 12.4 Å². The van der Waals surface area contributed by atoms with E-state index in [9.17, 15) is 9.59 Å². The number of carbonyl (C=O) groups is 2. The molecule has 0 atom stereocenters. The maximum atomic E-state index is 11.0. The Balaban J connectivity index is 2.58. The SMILES string of the molecule is C=CCOC(=O)Oc1ccc(C(=O)O)cc1. The molecule has 0 fully saturated rings. The predicted molar refractivity (Wildman–Crippen MR) is 55.6 cm³/mol. The maximum absolute atomic E-state index is 11.0. The van der Waals surface area contributed by atoms with E-state index in [-0.39, 0.29) is 17.9 Å². The van der Waals surface area contributed by atoms with Gasteiger partial charge in [-0.1, -0.05) is 12.7 Å². The van der Waals surface area contributed by atoms with Crippen LogP contribution in [0.4, 0.5) is 4.79 Å². The minimum atomic E-state index is -1.04. The summed E-state index contributed by atoms with van der Waals surface area (Å²) in [5, 5.41) is 8.63. The maximum Gasteiger partial charge on any atom is 0.514 e. The highest BCUT2D eigenvalue weighted by molar-refractivity contribution is 5.87. The first-order valence-corrected chi connectivity index (χ1v) is 4.42. The monoisotopic (exact) mass is 222 g/mol. The quantitative estimate of drug-likeness (QED) is 0.479.